The largest absolute Gasteiger partial charge is 0.377 e. The van der Waals surface area contributed by atoms with E-state index in [-0.39, 0.29) is 0 Å². The highest BCUT2D eigenvalue weighted by Gasteiger charge is 2.25. The summed E-state index contributed by atoms with van der Waals surface area (Å²) in [6.07, 6.45) is 5.99. The van der Waals surface area contributed by atoms with Gasteiger partial charge in [0.25, 0.3) is 0 Å². The van der Waals surface area contributed by atoms with Gasteiger partial charge in [0, 0.05) is 11.1 Å². The summed E-state index contributed by atoms with van der Waals surface area (Å²) >= 11 is 7.76. The molecule has 2 aromatic heterocycles. The van der Waals surface area contributed by atoms with E-state index in [1.807, 2.05) is 18.5 Å². The van der Waals surface area contributed by atoms with E-state index >= 15 is 0 Å². The predicted molar refractivity (Wildman–Crippen MR) is 73.0 cm³/mol. The Hall–Kier alpha value is -1.06. The van der Waals surface area contributed by atoms with E-state index in [2.05, 4.69) is 23.3 Å². The number of nitrogens with one attached hydrogen (secondary N) is 1. The lowest BCUT2D eigenvalue weighted by Gasteiger charge is -2.15. The summed E-state index contributed by atoms with van der Waals surface area (Å²) in [6, 6.07) is 4.51. The molecule has 3 rings (SSSR count). The highest BCUT2D eigenvalue weighted by atomic mass is 35.5. The summed E-state index contributed by atoms with van der Waals surface area (Å²) < 4.78 is 0.893. The first kappa shape index (κ1) is 11.1. The van der Waals surface area contributed by atoms with Crippen molar-refractivity contribution in [3.8, 4) is 0 Å². The number of thiophene rings is 1. The quantitative estimate of drug-likeness (QED) is 0.879. The third-order valence-corrected chi connectivity index (χ3v) is 4.56. The zero-order valence-corrected chi connectivity index (χ0v) is 11.1. The topological polar surface area (TPSA) is 24.9 Å². The third kappa shape index (κ3) is 2.05. The molecule has 2 heterocycles. The zero-order chi connectivity index (χ0) is 11.8. The van der Waals surface area contributed by atoms with E-state index < -0.39 is 0 Å². The fourth-order valence-corrected chi connectivity index (χ4v) is 3.64. The normalized spacial score (nSPS) is 18.1. The fourth-order valence-electron chi connectivity index (χ4n) is 2.28. The molecule has 88 valence electrons. The van der Waals surface area contributed by atoms with Crippen LogP contribution >= 0.6 is 22.9 Å². The van der Waals surface area contributed by atoms with Crippen LogP contribution in [0.1, 0.15) is 28.5 Å². The second kappa shape index (κ2) is 4.31. The summed E-state index contributed by atoms with van der Waals surface area (Å²) in [4.78, 5) is 5.59. The molecule has 0 aliphatic heterocycles. The molecule has 0 bridgehead atoms. The Labute approximate surface area is 110 Å². The van der Waals surface area contributed by atoms with Crippen LogP contribution in [0.25, 0.3) is 0 Å². The van der Waals surface area contributed by atoms with Gasteiger partial charge in [-0.05, 0) is 43.0 Å². The monoisotopic (exact) mass is 264 g/mol. The highest BCUT2D eigenvalue weighted by Crippen LogP contribution is 2.41. The molecule has 0 saturated carbocycles. The fraction of sp³-hybridized carbons (Fsp3) is 0.308. The minimum absolute atomic E-state index is 0.386. The zero-order valence-electron chi connectivity index (χ0n) is 9.53. The molecule has 0 aromatic carbocycles. The number of aryl methyl sites for hydroxylation is 2. The Bertz CT molecular complexity index is 550. The summed E-state index contributed by atoms with van der Waals surface area (Å²) in [5, 5.41) is 3.56. The smallest absolute Gasteiger partial charge is 0.0934 e. The van der Waals surface area contributed by atoms with Crippen LogP contribution in [0, 0.1) is 6.92 Å². The molecule has 0 fully saturated rings. The Morgan fingerprint density at radius 3 is 3.24 bits per heavy atom. The van der Waals surface area contributed by atoms with Crippen LogP contribution in [0.15, 0.2) is 24.5 Å². The Kier molecular flexibility index (Phi) is 2.81. The van der Waals surface area contributed by atoms with Gasteiger partial charge in [0.1, 0.15) is 0 Å². The van der Waals surface area contributed by atoms with Crippen LogP contribution in [0.2, 0.25) is 4.34 Å². The van der Waals surface area contributed by atoms with Crippen LogP contribution in [0.4, 0.5) is 5.69 Å². The maximum atomic E-state index is 6.06. The molecule has 0 radical (unpaired) electrons. The predicted octanol–water partition coefficient (Wildman–Crippen LogP) is 4.20. The van der Waals surface area contributed by atoms with Crippen molar-refractivity contribution in [3.63, 3.8) is 0 Å². The number of nitrogens with zero attached hydrogens (tertiary/aromatic N) is 1. The number of hydrogen-bond acceptors (Lipinski definition) is 3. The molecule has 2 aromatic rings. The first-order valence-electron chi connectivity index (χ1n) is 5.69. The highest BCUT2D eigenvalue weighted by molar-refractivity contribution is 7.16. The van der Waals surface area contributed by atoms with Gasteiger partial charge in [0.05, 0.1) is 22.3 Å². The maximum absolute atomic E-state index is 6.06. The minimum atomic E-state index is 0.386. The van der Waals surface area contributed by atoms with E-state index in [4.69, 9.17) is 11.6 Å². The number of hydrogen-bond donors (Lipinski definition) is 1. The molecular weight excluding hydrogens is 252 g/mol. The lowest BCUT2D eigenvalue weighted by molar-refractivity contribution is 0.760. The van der Waals surface area contributed by atoms with Crippen LogP contribution < -0.4 is 5.32 Å². The first-order valence-corrected chi connectivity index (χ1v) is 6.89. The molecule has 0 amide bonds. The number of rotatable bonds is 2. The van der Waals surface area contributed by atoms with Crippen molar-refractivity contribution in [2.24, 2.45) is 0 Å². The van der Waals surface area contributed by atoms with Gasteiger partial charge in [-0.15, -0.1) is 11.3 Å². The maximum Gasteiger partial charge on any atom is 0.0934 e. The van der Waals surface area contributed by atoms with Crippen LogP contribution in [0.5, 0.6) is 0 Å². The summed E-state index contributed by atoms with van der Waals surface area (Å²) in [6.45, 7) is 2.10. The second-order valence-electron chi connectivity index (χ2n) is 4.36. The van der Waals surface area contributed by atoms with Gasteiger partial charge in [0.15, 0.2) is 0 Å². The molecule has 17 heavy (non-hydrogen) atoms. The van der Waals surface area contributed by atoms with Gasteiger partial charge in [-0.1, -0.05) is 11.6 Å². The van der Waals surface area contributed by atoms with Crippen LogP contribution in [-0.2, 0) is 6.42 Å². The van der Waals surface area contributed by atoms with E-state index in [1.54, 1.807) is 11.3 Å². The second-order valence-corrected chi connectivity index (χ2v) is 6.12. The standard InChI is InChI=1S/C13H13ClN2S/c1-8-4-5-15-7-11(8)16-10-2-3-12-9(10)6-13(14)17-12/h4-7,10,16H,2-3H2,1H3. The molecule has 1 aliphatic rings. The van der Waals surface area contributed by atoms with E-state index in [0.29, 0.717) is 6.04 Å². The molecule has 2 nitrogen and oxygen atoms in total. The van der Waals surface area contributed by atoms with E-state index in [0.717, 1.165) is 22.9 Å². The number of pyridine rings is 1. The van der Waals surface area contributed by atoms with E-state index in [1.165, 1.54) is 16.0 Å². The van der Waals surface area contributed by atoms with Gasteiger partial charge in [0.2, 0.25) is 0 Å². The van der Waals surface area contributed by atoms with Gasteiger partial charge >= 0.3 is 0 Å². The molecule has 4 heteroatoms. The number of anilines is 1. The molecule has 1 atom stereocenters. The lowest BCUT2D eigenvalue weighted by Crippen LogP contribution is -2.07. The van der Waals surface area contributed by atoms with Crippen molar-refractivity contribution in [1.29, 1.82) is 0 Å². The van der Waals surface area contributed by atoms with Crippen molar-refractivity contribution in [2.75, 3.05) is 5.32 Å². The van der Waals surface area contributed by atoms with Crippen molar-refractivity contribution >= 4 is 28.6 Å². The average molecular weight is 265 g/mol. The Morgan fingerprint density at radius 1 is 1.53 bits per heavy atom. The molecule has 0 saturated heterocycles. The molecule has 1 N–H and O–H groups in total. The number of fused-ring (bicyclic) bond motifs is 1. The Balaban J connectivity index is 1.86. The van der Waals surface area contributed by atoms with Crippen molar-refractivity contribution < 1.29 is 0 Å². The summed E-state index contributed by atoms with van der Waals surface area (Å²) in [5.74, 6) is 0. The summed E-state index contributed by atoms with van der Waals surface area (Å²) in [7, 11) is 0. The molecular formula is C13H13ClN2S. The molecule has 0 spiro atoms. The molecule has 1 aliphatic carbocycles. The SMILES string of the molecule is Cc1ccncc1NC1CCc2sc(Cl)cc21. The van der Waals surface area contributed by atoms with Crippen molar-refractivity contribution in [1.82, 2.24) is 4.98 Å². The average Bonchev–Trinajstić information content (AvgIpc) is 2.82. The minimum Gasteiger partial charge on any atom is -0.377 e. The lowest BCUT2D eigenvalue weighted by atomic mass is 10.1. The summed E-state index contributed by atoms with van der Waals surface area (Å²) in [5.41, 5.74) is 3.71. The van der Waals surface area contributed by atoms with Crippen LogP contribution in [0.3, 0.4) is 0 Å². The number of halogens is 1. The Morgan fingerprint density at radius 2 is 2.41 bits per heavy atom. The first-order chi connectivity index (χ1) is 8.24. The van der Waals surface area contributed by atoms with Gasteiger partial charge in [-0.25, -0.2) is 0 Å². The molecule has 1 unspecified atom stereocenters. The third-order valence-electron chi connectivity index (χ3n) is 3.22. The van der Waals surface area contributed by atoms with E-state index in [9.17, 15) is 0 Å². The van der Waals surface area contributed by atoms with Gasteiger partial charge in [-0.2, -0.15) is 0 Å². The number of aromatic nitrogens is 1. The van der Waals surface area contributed by atoms with Crippen LogP contribution in [-0.4, -0.2) is 4.98 Å². The van der Waals surface area contributed by atoms with Crippen molar-refractivity contribution in [3.05, 3.63) is 44.9 Å². The van der Waals surface area contributed by atoms with Gasteiger partial charge in [-0.3, -0.25) is 4.98 Å². The van der Waals surface area contributed by atoms with Gasteiger partial charge < -0.3 is 5.32 Å². The van der Waals surface area contributed by atoms with Crippen molar-refractivity contribution in [2.45, 2.75) is 25.8 Å².